The Morgan fingerprint density at radius 3 is 1.84 bits per heavy atom. The number of rotatable bonds is 4. The van der Waals surface area contributed by atoms with Crippen LogP contribution in [0.5, 0.6) is 0 Å². The van der Waals surface area contributed by atoms with E-state index in [2.05, 4.69) is 230 Å². The Morgan fingerprint density at radius 1 is 0.418 bits per heavy atom. The minimum Gasteiger partial charge on any atom is -0.309 e. The van der Waals surface area contributed by atoms with Crippen LogP contribution in [0.1, 0.15) is 27.8 Å². The monoisotopic (exact) mass is 865 g/mol. The summed E-state index contributed by atoms with van der Waals surface area (Å²) in [6.07, 6.45) is 1.92. The first-order chi connectivity index (χ1) is 33.2. The van der Waals surface area contributed by atoms with Gasteiger partial charge in [-0.3, -0.25) is 0 Å². The molecule has 2 aliphatic rings. The van der Waals surface area contributed by atoms with E-state index in [9.17, 15) is 0 Å². The van der Waals surface area contributed by atoms with Crippen molar-refractivity contribution in [3.05, 3.63) is 253 Å². The SMILES string of the molecule is C=Cc1ccc(-n2c3ccc4ccccc4c3c3cc(-c4ccc5c(c4)-c4c(ccc6ccccc46)C54c5ccccc5-c5ccccc54)c4sc5cc(-c6ccccc6)ccc5c4c32)cc1. The van der Waals surface area contributed by atoms with Crippen LogP contribution in [0.2, 0.25) is 0 Å². The lowest BCUT2D eigenvalue weighted by atomic mass is 9.70. The van der Waals surface area contributed by atoms with Crippen molar-refractivity contribution in [2.24, 2.45) is 0 Å². The summed E-state index contributed by atoms with van der Waals surface area (Å²) in [4.78, 5) is 0. The van der Waals surface area contributed by atoms with Crippen LogP contribution < -0.4 is 0 Å². The topological polar surface area (TPSA) is 4.93 Å². The van der Waals surface area contributed by atoms with Gasteiger partial charge in [-0.2, -0.15) is 0 Å². The normalized spacial score (nSPS) is 13.3. The smallest absolute Gasteiger partial charge is 0.0725 e. The molecule has 0 saturated heterocycles. The Kier molecular flexibility index (Phi) is 7.52. The predicted octanol–water partition coefficient (Wildman–Crippen LogP) is 17.8. The molecule has 2 heteroatoms. The summed E-state index contributed by atoms with van der Waals surface area (Å²) in [5, 5.41) is 10.2. The highest BCUT2D eigenvalue weighted by molar-refractivity contribution is 7.26. The Morgan fingerprint density at radius 2 is 1.06 bits per heavy atom. The zero-order valence-corrected chi connectivity index (χ0v) is 37.2. The molecular formula is C65H39NS. The molecule has 0 bridgehead atoms. The summed E-state index contributed by atoms with van der Waals surface area (Å²) in [6.45, 7) is 4.08. The van der Waals surface area contributed by atoms with E-state index < -0.39 is 5.41 Å². The fourth-order valence-corrected chi connectivity index (χ4v) is 13.6. The molecule has 0 saturated carbocycles. The highest BCUT2D eigenvalue weighted by Crippen LogP contribution is 2.64. The summed E-state index contributed by atoms with van der Waals surface area (Å²) < 4.78 is 5.10. The van der Waals surface area contributed by atoms with Gasteiger partial charge in [-0.05, 0) is 125 Å². The van der Waals surface area contributed by atoms with Crippen molar-refractivity contribution >= 4 is 80.9 Å². The van der Waals surface area contributed by atoms with E-state index in [0.29, 0.717) is 0 Å². The molecule has 0 atom stereocenters. The molecule has 310 valence electrons. The van der Waals surface area contributed by atoms with Crippen molar-refractivity contribution in [3.8, 4) is 50.2 Å². The number of aromatic nitrogens is 1. The second-order valence-corrected chi connectivity index (χ2v) is 19.4. The van der Waals surface area contributed by atoms with Gasteiger partial charge in [0, 0.05) is 42.2 Å². The van der Waals surface area contributed by atoms with Gasteiger partial charge in [-0.25, -0.2) is 0 Å². The van der Waals surface area contributed by atoms with Gasteiger partial charge in [0.25, 0.3) is 0 Å². The molecular weight excluding hydrogens is 827 g/mol. The molecule has 67 heavy (non-hydrogen) atoms. The van der Waals surface area contributed by atoms with Gasteiger partial charge in [0.15, 0.2) is 0 Å². The van der Waals surface area contributed by atoms with Gasteiger partial charge in [-0.1, -0.05) is 195 Å². The molecule has 0 amide bonds. The van der Waals surface area contributed by atoms with Gasteiger partial charge in [0.2, 0.25) is 0 Å². The summed E-state index contributed by atoms with van der Waals surface area (Å²) in [6, 6.07) is 82.3. The third-order valence-electron chi connectivity index (χ3n) is 15.1. The van der Waals surface area contributed by atoms with E-state index in [1.54, 1.807) is 0 Å². The van der Waals surface area contributed by atoms with E-state index >= 15 is 0 Å². The Balaban J connectivity index is 1.09. The van der Waals surface area contributed by atoms with Crippen LogP contribution in [-0.4, -0.2) is 4.57 Å². The zero-order chi connectivity index (χ0) is 44.0. The van der Waals surface area contributed by atoms with Crippen molar-refractivity contribution < 1.29 is 0 Å². The number of fused-ring (bicyclic) bond motifs is 21. The average molecular weight is 866 g/mol. The largest absolute Gasteiger partial charge is 0.309 e. The molecule has 11 aromatic carbocycles. The maximum Gasteiger partial charge on any atom is 0.0725 e. The summed E-state index contributed by atoms with van der Waals surface area (Å²) in [5.41, 5.74) is 19.9. The van der Waals surface area contributed by atoms with Crippen LogP contribution in [0.15, 0.2) is 225 Å². The van der Waals surface area contributed by atoms with Crippen LogP contribution in [-0.2, 0) is 5.41 Å². The first-order valence-corrected chi connectivity index (χ1v) is 24.0. The quantitative estimate of drug-likeness (QED) is 0.166. The molecule has 2 aromatic heterocycles. The van der Waals surface area contributed by atoms with Crippen LogP contribution >= 0.6 is 11.3 Å². The van der Waals surface area contributed by atoms with Crippen molar-refractivity contribution in [2.45, 2.75) is 5.41 Å². The molecule has 15 rings (SSSR count). The van der Waals surface area contributed by atoms with E-state index in [1.165, 1.54) is 130 Å². The maximum absolute atomic E-state index is 4.08. The van der Waals surface area contributed by atoms with Crippen LogP contribution in [0.25, 0.3) is 120 Å². The van der Waals surface area contributed by atoms with Crippen LogP contribution in [0, 0.1) is 0 Å². The van der Waals surface area contributed by atoms with Crippen LogP contribution in [0.4, 0.5) is 0 Å². The number of thiophene rings is 1. The fraction of sp³-hybridized carbons (Fsp3) is 0.0154. The number of hydrogen-bond acceptors (Lipinski definition) is 1. The molecule has 0 aliphatic heterocycles. The lowest BCUT2D eigenvalue weighted by molar-refractivity contribution is 0.794. The second kappa shape index (κ2) is 13.6. The predicted molar refractivity (Wildman–Crippen MR) is 286 cm³/mol. The van der Waals surface area contributed by atoms with Gasteiger partial charge in [-0.15, -0.1) is 11.3 Å². The standard InChI is InChI=1S/C65H39NS/c1-2-39-24-30-45(31-25-39)66-58-35-29-42-17-7-9-19-47(42)61(58)53-38-51(64-62(63(53)66)50-32-26-43(37-59(50)67-64)40-14-4-3-5-15-40)44-28-33-56-52(36-44)60-46-18-8-6-16-41(46)27-34-57(60)65(56)54-22-12-10-20-48(54)49-21-11-13-23-55(49)65/h2-38H,1H2. The first kappa shape index (κ1) is 37.0. The third-order valence-corrected chi connectivity index (χ3v) is 16.3. The van der Waals surface area contributed by atoms with Gasteiger partial charge < -0.3 is 4.57 Å². The average Bonchev–Trinajstić information content (AvgIpc) is 4.12. The molecule has 2 aliphatic carbocycles. The summed E-state index contributed by atoms with van der Waals surface area (Å²) in [7, 11) is 0. The van der Waals surface area contributed by atoms with Gasteiger partial charge in [0.05, 0.1) is 16.4 Å². The van der Waals surface area contributed by atoms with E-state index in [0.717, 1.165) is 11.3 Å². The first-order valence-electron chi connectivity index (χ1n) is 23.2. The van der Waals surface area contributed by atoms with Crippen molar-refractivity contribution in [1.29, 1.82) is 0 Å². The molecule has 0 unspecified atom stereocenters. The minimum absolute atomic E-state index is 0.432. The zero-order valence-electron chi connectivity index (χ0n) is 36.4. The van der Waals surface area contributed by atoms with Gasteiger partial charge >= 0.3 is 0 Å². The highest BCUT2D eigenvalue weighted by atomic mass is 32.1. The molecule has 0 N–H and O–H groups in total. The van der Waals surface area contributed by atoms with E-state index in [-0.39, 0.29) is 0 Å². The van der Waals surface area contributed by atoms with Crippen molar-refractivity contribution in [2.75, 3.05) is 0 Å². The Hall–Kier alpha value is -8.30. The number of benzene rings is 11. The molecule has 13 aromatic rings. The maximum atomic E-state index is 4.08. The minimum atomic E-state index is -0.432. The van der Waals surface area contributed by atoms with E-state index in [4.69, 9.17) is 0 Å². The summed E-state index contributed by atoms with van der Waals surface area (Å²) in [5.74, 6) is 0. The lowest BCUT2D eigenvalue weighted by Gasteiger charge is -2.30. The van der Waals surface area contributed by atoms with Crippen molar-refractivity contribution in [1.82, 2.24) is 4.57 Å². The molecule has 2 heterocycles. The fourth-order valence-electron chi connectivity index (χ4n) is 12.3. The summed E-state index contributed by atoms with van der Waals surface area (Å²) >= 11 is 1.93. The second-order valence-electron chi connectivity index (χ2n) is 18.3. The highest BCUT2D eigenvalue weighted by Gasteiger charge is 2.52. The molecule has 1 nitrogen and oxygen atoms in total. The lowest BCUT2D eigenvalue weighted by Crippen LogP contribution is -2.25. The molecule has 0 fully saturated rings. The third kappa shape index (κ3) is 4.87. The Labute approximate surface area is 391 Å². The number of nitrogens with zero attached hydrogens (tertiary/aromatic N) is 1. The molecule has 0 radical (unpaired) electrons. The van der Waals surface area contributed by atoms with E-state index in [1.807, 2.05) is 17.4 Å². The Bertz CT molecular complexity index is 4230. The number of hydrogen-bond donors (Lipinski definition) is 0. The molecule has 1 spiro atoms. The van der Waals surface area contributed by atoms with Crippen LogP contribution in [0.3, 0.4) is 0 Å². The van der Waals surface area contributed by atoms with Crippen molar-refractivity contribution in [3.63, 3.8) is 0 Å². The van der Waals surface area contributed by atoms with Gasteiger partial charge in [0.1, 0.15) is 0 Å².